The van der Waals surface area contributed by atoms with Crippen molar-refractivity contribution in [3.63, 3.8) is 0 Å². The van der Waals surface area contributed by atoms with Crippen LogP contribution in [0.3, 0.4) is 0 Å². The Balaban J connectivity index is 0.000000230. The first-order chi connectivity index (χ1) is 20.5. The lowest BCUT2D eigenvalue weighted by Gasteiger charge is -2.12. The van der Waals surface area contributed by atoms with Crippen molar-refractivity contribution in [3.05, 3.63) is 143 Å². The molecule has 6 rings (SSSR count). The Morgan fingerprint density at radius 2 is 0.841 bits per heavy atom. The van der Waals surface area contributed by atoms with Gasteiger partial charge in [0.05, 0.1) is 0 Å². The molecule has 0 aromatic heterocycles. The molecule has 0 amide bonds. The third kappa shape index (κ3) is 8.49. The molecule has 0 bridgehead atoms. The second kappa shape index (κ2) is 16.7. The summed E-state index contributed by atoms with van der Waals surface area (Å²) in [6.45, 7) is 3.37. The lowest BCUT2D eigenvalue weighted by molar-refractivity contribution is 0.307. The van der Waals surface area contributed by atoms with Crippen LogP contribution >= 0.6 is 0 Å². The summed E-state index contributed by atoms with van der Waals surface area (Å²) >= 11 is 0. The summed E-state index contributed by atoms with van der Waals surface area (Å²) in [5.74, 6) is 1.95. The maximum Gasteiger partial charge on any atom is 0.127 e. The molecule has 232 valence electrons. The molecule has 2 aliphatic heterocycles. The smallest absolute Gasteiger partial charge is 0.127 e. The number of rotatable bonds is 6. The van der Waals surface area contributed by atoms with Gasteiger partial charge in [-0.15, -0.1) is 0 Å². The van der Waals surface area contributed by atoms with Crippen molar-refractivity contribution in [2.24, 2.45) is 0 Å². The van der Waals surface area contributed by atoms with Crippen molar-refractivity contribution < 1.29 is 9.47 Å². The molecule has 44 heavy (non-hydrogen) atoms. The van der Waals surface area contributed by atoms with Gasteiger partial charge in [0.1, 0.15) is 24.7 Å². The summed E-state index contributed by atoms with van der Waals surface area (Å²) in [5, 5.41) is 0. The largest absolute Gasteiger partial charge is 0.488 e. The van der Waals surface area contributed by atoms with Crippen LogP contribution in [0.4, 0.5) is 0 Å². The van der Waals surface area contributed by atoms with Gasteiger partial charge in [0.2, 0.25) is 0 Å². The molecule has 4 heteroatoms. The summed E-state index contributed by atoms with van der Waals surface area (Å²) in [6.07, 6.45) is 6.74. The van der Waals surface area contributed by atoms with Gasteiger partial charge in [0, 0.05) is 24.2 Å². The monoisotopic (exact) mass is 590 g/mol. The molecule has 4 aromatic carbocycles. The van der Waals surface area contributed by atoms with Crippen LogP contribution in [0.5, 0.6) is 11.5 Å². The van der Waals surface area contributed by atoms with E-state index in [-0.39, 0.29) is 14.9 Å². The molecular weight excluding hydrogens is 540 g/mol. The van der Waals surface area contributed by atoms with Gasteiger partial charge in [-0.1, -0.05) is 112 Å². The SMILES string of the molecule is C.C.CN(C)CC/C=C1/c2ccccc2COc2ccccc21.CN(C)CC/C=C1\c2ccccc2COc2ccccc21. The van der Waals surface area contributed by atoms with Crippen molar-refractivity contribution in [1.29, 1.82) is 0 Å². The summed E-state index contributed by atoms with van der Waals surface area (Å²) in [5.41, 5.74) is 10.1. The van der Waals surface area contributed by atoms with Crippen LogP contribution in [0.2, 0.25) is 0 Å². The van der Waals surface area contributed by atoms with E-state index in [1.165, 1.54) is 44.5 Å². The van der Waals surface area contributed by atoms with Crippen LogP contribution < -0.4 is 9.47 Å². The van der Waals surface area contributed by atoms with Gasteiger partial charge in [-0.2, -0.15) is 0 Å². The van der Waals surface area contributed by atoms with Crippen LogP contribution in [0, 0.1) is 0 Å². The second-order valence-electron chi connectivity index (χ2n) is 11.3. The Morgan fingerprint density at radius 1 is 0.500 bits per heavy atom. The molecule has 0 N–H and O–H groups in total. The highest BCUT2D eigenvalue weighted by Gasteiger charge is 2.19. The molecule has 0 spiro atoms. The summed E-state index contributed by atoms with van der Waals surface area (Å²) in [4.78, 5) is 4.42. The zero-order chi connectivity index (χ0) is 29.3. The van der Waals surface area contributed by atoms with Gasteiger partial charge in [-0.25, -0.2) is 0 Å². The molecule has 0 saturated heterocycles. The van der Waals surface area contributed by atoms with Crippen LogP contribution in [-0.2, 0) is 13.2 Å². The Kier molecular flexibility index (Phi) is 13.0. The molecule has 2 aliphatic rings. The van der Waals surface area contributed by atoms with Gasteiger partial charge >= 0.3 is 0 Å². The van der Waals surface area contributed by atoms with Gasteiger partial charge in [-0.05, 0) is 86.6 Å². The first-order valence-corrected chi connectivity index (χ1v) is 14.8. The summed E-state index contributed by atoms with van der Waals surface area (Å²) < 4.78 is 12.0. The average Bonchev–Trinajstić information content (AvgIpc) is 3.26. The van der Waals surface area contributed by atoms with Crippen LogP contribution in [0.25, 0.3) is 11.1 Å². The van der Waals surface area contributed by atoms with E-state index >= 15 is 0 Å². The minimum Gasteiger partial charge on any atom is -0.488 e. The Bertz CT molecular complexity index is 1330. The van der Waals surface area contributed by atoms with E-state index in [0.29, 0.717) is 13.2 Å². The van der Waals surface area contributed by atoms with Crippen LogP contribution in [-0.4, -0.2) is 51.1 Å². The molecule has 0 fully saturated rings. The van der Waals surface area contributed by atoms with Crippen molar-refractivity contribution >= 4 is 11.1 Å². The Labute approximate surface area is 266 Å². The minimum atomic E-state index is 0. The van der Waals surface area contributed by atoms with E-state index in [1.807, 2.05) is 12.1 Å². The number of hydrogen-bond acceptors (Lipinski definition) is 4. The lowest BCUT2D eigenvalue weighted by Crippen LogP contribution is -2.12. The van der Waals surface area contributed by atoms with Crippen molar-refractivity contribution in [2.45, 2.75) is 40.9 Å². The number of ether oxygens (including phenoxy) is 2. The first kappa shape index (κ1) is 34.4. The second-order valence-corrected chi connectivity index (χ2v) is 11.3. The number of fused-ring (bicyclic) bond motifs is 4. The zero-order valence-corrected chi connectivity index (χ0v) is 25.3. The quantitative estimate of drug-likeness (QED) is 0.224. The molecule has 0 unspecified atom stereocenters. The summed E-state index contributed by atoms with van der Waals surface area (Å²) in [7, 11) is 8.43. The van der Waals surface area contributed by atoms with E-state index in [4.69, 9.17) is 9.47 Å². The standard InChI is InChI=1S/2C19H21NO.2CH4/c2*1-20(2)13-7-11-17-16-9-4-3-8-15(16)14-21-19-12-6-5-10-18(17)19;;/h2*3-6,8-12H,7,13-14H2,1-2H3;2*1H4/b17-11+;17-11-;;. The fraction of sp³-hybridized carbons (Fsp3) is 0.300. The van der Waals surface area contributed by atoms with Crippen molar-refractivity contribution in [1.82, 2.24) is 9.80 Å². The highest BCUT2D eigenvalue weighted by molar-refractivity contribution is 5.85. The first-order valence-electron chi connectivity index (χ1n) is 14.8. The number of nitrogens with zero attached hydrogens (tertiary/aromatic N) is 2. The molecule has 0 saturated carbocycles. The van der Waals surface area contributed by atoms with Crippen LogP contribution in [0.15, 0.2) is 109 Å². The maximum absolute atomic E-state index is 5.98. The van der Waals surface area contributed by atoms with Gasteiger partial charge < -0.3 is 19.3 Å². The predicted octanol–water partition coefficient (Wildman–Crippen LogP) is 9.20. The van der Waals surface area contributed by atoms with Crippen molar-refractivity contribution in [2.75, 3.05) is 41.3 Å². The Morgan fingerprint density at radius 3 is 1.23 bits per heavy atom. The normalized spacial score (nSPS) is 14.6. The molecule has 0 aliphatic carbocycles. The average molecular weight is 591 g/mol. The van der Waals surface area contributed by atoms with Crippen LogP contribution in [0.1, 0.15) is 61.1 Å². The third-order valence-corrected chi connectivity index (χ3v) is 7.59. The molecule has 2 heterocycles. The predicted molar refractivity (Wildman–Crippen MR) is 188 cm³/mol. The topological polar surface area (TPSA) is 24.9 Å². The highest BCUT2D eigenvalue weighted by Crippen LogP contribution is 2.38. The molecule has 4 aromatic rings. The molecule has 0 atom stereocenters. The lowest BCUT2D eigenvalue weighted by atomic mass is 9.93. The third-order valence-electron chi connectivity index (χ3n) is 7.59. The molecule has 0 radical (unpaired) electrons. The summed E-state index contributed by atoms with van der Waals surface area (Å²) in [6, 6.07) is 33.7. The number of benzene rings is 4. The van der Waals surface area contributed by atoms with Gasteiger partial charge in [0.25, 0.3) is 0 Å². The fourth-order valence-corrected chi connectivity index (χ4v) is 5.42. The van der Waals surface area contributed by atoms with Gasteiger partial charge in [-0.3, -0.25) is 0 Å². The van der Waals surface area contributed by atoms with Gasteiger partial charge in [0.15, 0.2) is 0 Å². The number of para-hydroxylation sites is 2. The fourth-order valence-electron chi connectivity index (χ4n) is 5.42. The number of hydrogen-bond donors (Lipinski definition) is 0. The van der Waals surface area contributed by atoms with E-state index < -0.39 is 0 Å². The zero-order valence-electron chi connectivity index (χ0n) is 25.3. The van der Waals surface area contributed by atoms with E-state index in [1.54, 1.807) is 0 Å². The minimum absolute atomic E-state index is 0. The van der Waals surface area contributed by atoms with E-state index in [0.717, 1.165) is 37.4 Å². The maximum atomic E-state index is 5.98. The van der Waals surface area contributed by atoms with E-state index in [2.05, 4.69) is 135 Å². The Hall–Kier alpha value is -4.12. The van der Waals surface area contributed by atoms with Crippen molar-refractivity contribution in [3.8, 4) is 11.5 Å². The highest BCUT2D eigenvalue weighted by atomic mass is 16.5. The molecule has 4 nitrogen and oxygen atoms in total. The van der Waals surface area contributed by atoms with E-state index in [9.17, 15) is 0 Å². The molecular formula is C40H50N2O2.